The summed E-state index contributed by atoms with van der Waals surface area (Å²) in [6, 6.07) is 0. The molecule has 1 N–H and O–H groups in total. The van der Waals surface area contributed by atoms with Crippen molar-refractivity contribution in [3.8, 4) is 0 Å². The maximum atomic E-state index is 4.75. The highest BCUT2D eigenvalue weighted by atomic mass is 32.2. The molecule has 2 heterocycles. The number of aliphatic imine (C=N–C) groups is 1. The summed E-state index contributed by atoms with van der Waals surface area (Å²) in [4.78, 5) is 11.3. The molecular formula is C16H27N7S2. The fourth-order valence-electron chi connectivity index (χ4n) is 2.21. The second-order valence-electron chi connectivity index (χ2n) is 5.73. The van der Waals surface area contributed by atoms with Gasteiger partial charge in [-0.25, -0.2) is 9.98 Å². The maximum absolute atomic E-state index is 4.75. The second kappa shape index (κ2) is 10.4. The molecule has 25 heavy (non-hydrogen) atoms. The van der Waals surface area contributed by atoms with Gasteiger partial charge in [0.15, 0.2) is 11.8 Å². The van der Waals surface area contributed by atoms with Gasteiger partial charge in [-0.1, -0.05) is 0 Å². The Morgan fingerprint density at radius 2 is 2.28 bits per heavy atom. The number of thiazole rings is 1. The third kappa shape index (κ3) is 6.32. The van der Waals surface area contributed by atoms with E-state index >= 15 is 0 Å². The average molecular weight is 382 g/mol. The Morgan fingerprint density at radius 1 is 1.44 bits per heavy atom. The summed E-state index contributed by atoms with van der Waals surface area (Å²) < 4.78 is 1.98. The summed E-state index contributed by atoms with van der Waals surface area (Å²) in [5, 5.41) is 14.9. The molecule has 0 aliphatic heterocycles. The van der Waals surface area contributed by atoms with Crippen LogP contribution in [0.15, 0.2) is 16.6 Å². The van der Waals surface area contributed by atoms with E-state index in [1.54, 1.807) is 11.3 Å². The normalized spacial score (nSPS) is 11.8. The van der Waals surface area contributed by atoms with Crippen molar-refractivity contribution in [1.29, 1.82) is 0 Å². The number of nitrogens with zero attached hydrogens (tertiary/aromatic N) is 6. The molecule has 0 radical (unpaired) electrons. The molecule has 0 aliphatic carbocycles. The summed E-state index contributed by atoms with van der Waals surface area (Å²) in [5.74, 6) is 3.82. The molecule has 0 atom stereocenters. The van der Waals surface area contributed by atoms with Crippen LogP contribution in [0.2, 0.25) is 0 Å². The highest BCUT2D eigenvalue weighted by Crippen LogP contribution is 2.06. The summed E-state index contributed by atoms with van der Waals surface area (Å²) in [6.45, 7) is 4.25. The Morgan fingerprint density at radius 3 is 2.92 bits per heavy atom. The van der Waals surface area contributed by atoms with E-state index in [0.717, 1.165) is 54.3 Å². The van der Waals surface area contributed by atoms with Crippen molar-refractivity contribution in [3.05, 3.63) is 28.2 Å². The lowest BCUT2D eigenvalue weighted by molar-refractivity contribution is 0.481. The van der Waals surface area contributed by atoms with Gasteiger partial charge in [-0.2, -0.15) is 11.8 Å². The minimum atomic E-state index is 0.518. The molecule has 0 saturated heterocycles. The van der Waals surface area contributed by atoms with Gasteiger partial charge in [0.25, 0.3) is 0 Å². The molecule has 0 unspecified atom stereocenters. The van der Waals surface area contributed by atoms with E-state index in [1.165, 1.54) is 0 Å². The zero-order valence-electron chi connectivity index (χ0n) is 15.4. The van der Waals surface area contributed by atoms with Gasteiger partial charge in [-0.3, -0.25) is 0 Å². The molecule has 0 saturated carbocycles. The van der Waals surface area contributed by atoms with Crippen molar-refractivity contribution >= 4 is 29.1 Å². The van der Waals surface area contributed by atoms with E-state index in [1.807, 2.05) is 41.9 Å². The Kier molecular flexibility index (Phi) is 8.20. The summed E-state index contributed by atoms with van der Waals surface area (Å²) in [5.41, 5.74) is 0. The molecule has 138 valence electrons. The lowest BCUT2D eigenvalue weighted by atomic mass is 10.4. The SMILES string of the molecule is CSCCCNC(=NCc1nnc(C)n1C)N(C)CCc1nccs1. The number of aryl methyl sites for hydroxylation is 1. The smallest absolute Gasteiger partial charge is 0.194 e. The van der Waals surface area contributed by atoms with E-state index < -0.39 is 0 Å². The van der Waals surface area contributed by atoms with Crippen LogP contribution < -0.4 is 5.32 Å². The largest absolute Gasteiger partial charge is 0.356 e. The number of hydrogen-bond donors (Lipinski definition) is 1. The van der Waals surface area contributed by atoms with E-state index in [4.69, 9.17) is 4.99 Å². The summed E-state index contributed by atoms with van der Waals surface area (Å²) in [6.07, 6.45) is 6.02. The third-order valence-electron chi connectivity index (χ3n) is 3.87. The number of aromatic nitrogens is 4. The Balaban J connectivity index is 1.97. The second-order valence-corrected chi connectivity index (χ2v) is 7.70. The Hall–Kier alpha value is -1.61. The van der Waals surface area contributed by atoms with E-state index in [-0.39, 0.29) is 0 Å². The minimum Gasteiger partial charge on any atom is -0.356 e. The van der Waals surface area contributed by atoms with Crippen LogP contribution in [0.5, 0.6) is 0 Å². The fourth-order valence-corrected chi connectivity index (χ4v) is 3.25. The highest BCUT2D eigenvalue weighted by Gasteiger charge is 2.09. The molecule has 2 aromatic heterocycles. The van der Waals surface area contributed by atoms with Crippen LogP contribution >= 0.6 is 23.1 Å². The van der Waals surface area contributed by atoms with Crippen LogP contribution in [0.25, 0.3) is 0 Å². The Labute approximate surface area is 158 Å². The van der Waals surface area contributed by atoms with Crippen molar-refractivity contribution in [2.24, 2.45) is 12.0 Å². The molecule has 0 aliphatic rings. The van der Waals surface area contributed by atoms with Gasteiger partial charge in [0, 0.05) is 45.2 Å². The van der Waals surface area contributed by atoms with Gasteiger partial charge >= 0.3 is 0 Å². The van der Waals surface area contributed by atoms with Gasteiger partial charge in [0.1, 0.15) is 12.4 Å². The van der Waals surface area contributed by atoms with Crippen LogP contribution in [0.1, 0.15) is 23.1 Å². The molecular weight excluding hydrogens is 354 g/mol. The monoisotopic (exact) mass is 381 g/mol. The zero-order chi connectivity index (χ0) is 18.1. The van der Waals surface area contributed by atoms with Crippen LogP contribution in [0.4, 0.5) is 0 Å². The summed E-state index contributed by atoms with van der Waals surface area (Å²) >= 11 is 3.56. The van der Waals surface area contributed by atoms with Crippen molar-refractivity contribution < 1.29 is 0 Å². The molecule has 0 fully saturated rings. The summed E-state index contributed by atoms with van der Waals surface area (Å²) in [7, 11) is 4.04. The molecule has 7 nitrogen and oxygen atoms in total. The Bertz CT molecular complexity index is 651. The van der Waals surface area contributed by atoms with E-state index in [0.29, 0.717) is 6.54 Å². The molecule has 9 heteroatoms. The van der Waals surface area contributed by atoms with Crippen molar-refractivity contribution in [2.45, 2.75) is 26.3 Å². The van der Waals surface area contributed by atoms with Crippen LogP contribution in [-0.4, -0.2) is 62.8 Å². The first kappa shape index (κ1) is 19.7. The number of likely N-dealkylation sites (N-methyl/N-ethyl adjacent to an activating group) is 1. The number of rotatable bonds is 9. The number of hydrogen-bond acceptors (Lipinski definition) is 6. The molecule has 0 amide bonds. The first-order valence-corrected chi connectivity index (χ1v) is 10.6. The van der Waals surface area contributed by atoms with Crippen LogP contribution in [0.3, 0.4) is 0 Å². The number of guanidine groups is 1. The zero-order valence-corrected chi connectivity index (χ0v) is 17.0. The molecule has 2 rings (SSSR count). The quantitative estimate of drug-likeness (QED) is 0.407. The highest BCUT2D eigenvalue weighted by molar-refractivity contribution is 7.98. The average Bonchev–Trinajstić information content (AvgIpc) is 3.24. The van der Waals surface area contributed by atoms with Crippen molar-refractivity contribution in [2.75, 3.05) is 32.1 Å². The first-order chi connectivity index (χ1) is 12.1. The van der Waals surface area contributed by atoms with Crippen molar-refractivity contribution in [3.63, 3.8) is 0 Å². The first-order valence-electron chi connectivity index (χ1n) is 8.33. The van der Waals surface area contributed by atoms with E-state index in [9.17, 15) is 0 Å². The van der Waals surface area contributed by atoms with Crippen molar-refractivity contribution in [1.82, 2.24) is 30.0 Å². The number of thioether (sulfide) groups is 1. The van der Waals surface area contributed by atoms with Crippen LogP contribution in [-0.2, 0) is 20.0 Å². The van der Waals surface area contributed by atoms with E-state index in [2.05, 4.69) is 38.7 Å². The standard InChI is InChI=1S/C16H27N7S2/c1-13-20-21-14(23(13)3)12-19-16(18-7-5-10-24-4)22(2)9-6-15-17-8-11-25-15/h8,11H,5-7,9-10,12H2,1-4H3,(H,18,19). The minimum absolute atomic E-state index is 0.518. The lowest BCUT2D eigenvalue weighted by Gasteiger charge is -2.22. The number of nitrogens with one attached hydrogen (secondary N) is 1. The fraction of sp³-hybridized carbons (Fsp3) is 0.625. The molecule has 0 spiro atoms. The predicted octanol–water partition coefficient (Wildman–Crippen LogP) is 1.95. The van der Waals surface area contributed by atoms with Gasteiger partial charge < -0.3 is 14.8 Å². The topological polar surface area (TPSA) is 71.2 Å². The van der Waals surface area contributed by atoms with Gasteiger partial charge in [0.2, 0.25) is 0 Å². The van der Waals surface area contributed by atoms with Gasteiger partial charge in [0.05, 0.1) is 5.01 Å². The molecule has 2 aromatic rings. The van der Waals surface area contributed by atoms with Crippen LogP contribution in [0, 0.1) is 6.92 Å². The van der Waals surface area contributed by atoms with Gasteiger partial charge in [-0.05, 0) is 25.4 Å². The molecule has 0 aromatic carbocycles. The van der Waals surface area contributed by atoms with Gasteiger partial charge in [-0.15, -0.1) is 21.5 Å². The predicted molar refractivity (Wildman–Crippen MR) is 106 cm³/mol. The molecule has 0 bridgehead atoms. The maximum Gasteiger partial charge on any atom is 0.194 e. The lowest BCUT2D eigenvalue weighted by Crippen LogP contribution is -2.40. The third-order valence-corrected chi connectivity index (χ3v) is 5.40.